The fourth-order valence-electron chi connectivity index (χ4n) is 2.49. The lowest BCUT2D eigenvalue weighted by atomic mass is 10.1. The van der Waals surface area contributed by atoms with Crippen LogP contribution >= 0.6 is 34.5 Å². The maximum absolute atomic E-state index is 13.0. The van der Waals surface area contributed by atoms with Crippen LogP contribution in [0.1, 0.15) is 22.0 Å². The highest BCUT2D eigenvalue weighted by atomic mass is 35.5. The molecule has 0 saturated carbocycles. The first-order valence-electron chi connectivity index (χ1n) is 7.47. The lowest BCUT2D eigenvalue weighted by molar-refractivity contribution is 0.627. The zero-order chi connectivity index (χ0) is 17.4. The Morgan fingerprint density at radius 3 is 2.56 bits per heavy atom. The summed E-state index contributed by atoms with van der Waals surface area (Å²) in [6.45, 7) is 0. The number of nitrogens with zero attached hydrogens (tertiary/aromatic N) is 4. The fourth-order valence-corrected chi connectivity index (χ4v) is 3.84. The predicted molar refractivity (Wildman–Crippen MR) is 97.1 cm³/mol. The van der Waals surface area contributed by atoms with Gasteiger partial charge in [-0.3, -0.25) is 0 Å². The molecule has 0 radical (unpaired) electrons. The van der Waals surface area contributed by atoms with Gasteiger partial charge in [0.05, 0.1) is 0 Å². The van der Waals surface area contributed by atoms with E-state index >= 15 is 0 Å². The van der Waals surface area contributed by atoms with Crippen molar-refractivity contribution in [3.05, 3.63) is 80.3 Å². The first-order chi connectivity index (χ1) is 12.1. The predicted octanol–water partition coefficient (Wildman–Crippen LogP) is 4.81. The summed E-state index contributed by atoms with van der Waals surface area (Å²) in [6, 6.07) is 11.8. The molecule has 2 aromatic heterocycles. The summed E-state index contributed by atoms with van der Waals surface area (Å²) in [5.74, 6) is 0.456. The van der Waals surface area contributed by atoms with Gasteiger partial charge in [-0.25, -0.2) is 4.39 Å². The van der Waals surface area contributed by atoms with E-state index in [0.29, 0.717) is 28.7 Å². The molecule has 0 unspecified atom stereocenters. The average molecular weight is 393 g/mol. The topological polar surface area (TPSA) is 43.1 Å². The van der Waals surface area contributed by atoms with Crippen molar-refractivity contribution in [1.29, 1.82) is 0 Å². The highest BCUT2D eigenvalue weighted by Crippen LogP contribution is 2.25. The molecule has 0 spiro atoms. The number of fused-ring (bicyclic) bond motifs is 1. The van der Waals surface area contributed by atoms with E-state index in [2.05, 4.69) is 15.3 Å². The van der Waals surface area contributed by atoms with E-state index in [-0.39, 0.29) is 5.82 Å². The number of halogens is 3. The van der Waals surface area contributed by atoms with Gasteiger partial charge < -0.3 is 0 Å². The third-order valence-corrected chi connectivity index (χ3v) is 5.22. The lowest BCUT2D eigenvalue weighted by Crippen LogP contribution is -1.99. The van der Waals surface area contributed by atoms with Crippen LogP contribution in [0.15, 0.2) is 42.5 Å². The molecule has 4 nitrogen and oxygen atoms in total. The highest BCUT2D eigenvalue weighted by molar-refractivity contribution is 7.16. The molecule has 2 heterocycles. The van der Waals surface area contributed by atoms with Gasteiger partial charge in [-0.15, -0.1) is 10.2 Å². The second-order valence-corrected chi connectivity index (χ2v) is 7.41. The summed E-state index contributed by atoms with van der Waals surface area (Å²) in [5, 5.41) is 15.0. The Labute approximate surface area is 156 Å². The summed E-state index contributed by atoms with van der Waals surface area (Å²) in [6.07, 6.45) is 1.13. The molecular weight excluding hydrogens is 382 g/mol. The largest absolute Gasteiger partial charge is 0.234 e. The fraction of sp³-hybridized carbons (Fsp3) is 0.118. The number of benzene rings is 2. The van der Waals surface area contributed by atoms with Crippen LogP contribution in [0, 0.1) is 5.82 Å². The van der Waals surface area contributed by atoms with E-state index in [0.717, 1.165) is 21.1 Å². The van der Waals surface area contributed by atoms with Gasteiger partial charge >= 0.3 is 0 Å². The third kappa shape index (κ3) is 3.51. The molecule has 4 aromatic rings. The van der Waals surface area contributed by atoms with Crippen LogP contribution < -0.4 is 0 Å². The van der Waals surface area contributed by atoms with Crippen molar-refractivity contribution in [2.75, 3.05) is 0 Å². The van der Waals surface area contributed by atoms with Gasteiger partial charge in [0.2, 0.25) is 4.96 Å². The minimum Gasteiger partial charge on any atom is -0.207 e. The van der Waals surface area contributed by atoms with Crippen molar-refractivity contribution in [2.24, 2.45) is 0 Å². The third-order valence-electron chi connectivity index (χ3n) is 3.73. The molecule has 0 aliphatic heterocycles. The van der Waals surface area contributed by atoms with E-state index in [4.69, 9.17) is 23.2 Å². The highest BCUT2D eigenvalue weighted by Gasteiger charge is 2.13. The molecule has 25 heavy (non-hydrogen) atoms. The van der Waals surface area contributed by atoms with Gasteiger partial charge in [0, 0.05) is 22.9 Å². The molecule has 4 rings (SSSR count). The van der Waals surface area contributed by atoms with Crippen molar-refractivity contribution in [3.63, 3.8) is 0 Å². The Morgan fingerprint density at radius 2 is 1.80 bits per heavy atom. The molecule has 0 aliphatic rings. The molecule has 0 N–H and O–H groups in total. The van der Waals surface area contributed by atoms with Crippen LogP contribution in [0.4, 0.5) is 4.39 Å². The molecule has 0 aliphatic carbocycles. The Kier molecular flexibility index (Phi) is 4.41. The summed E-state index contributed by atoms with van der Waals surface area (Å²) < 4.78 is 14.8. The zero-order valence-corrected chi connectivity index (χ0v) is 15.1. The van der Waals surface area contributed by atoms with E-state index in [9.17, 15) is 4.39 Å². The van der Waals surface area contributed by atoms with Crippen LogP contribution in [0.2, 0.25) is 10.0 Å². The minimum absolute atomic E-state index is 0.258. The number of aromatic nitrogens is 4. The van der Waals surface area contributed by atoms with Crippen molar-refractivity contribution in [3.8, 4) is 0 Å². The summed E-state index contributed by atoms with van der Waals surface area (Å²) >= 11 is 13.6. The van der Waals surface area contributed by atoms with Crippen molar-refractivity contribution >= 4 is 39.5 Å². The Bertz CT molecular complexity index is 1040. The van der Waals surface area contributed by atoms with Gasteiger partial charge in [0.25, 0.3) is 0 Å². The monoisotopic (exact) mass is 392 g/mol. The maximum atomic E-state index is 13.0. The Morgan fingerprint density at radius 1 is 1.00 bits per heavy atom. The first-order valence-corrected chi connectivity index (χ1v) is 9.04. The van der Waals surface area contributed by atoms with E-state index in [1.54, 1.807) is 22.7 Å². The average Bonchev–Trinajstić information content (AvgIpc) is 3.14. The maximum Gasteiger partial charge on any atom is 0.234 e. The molecule has 8 heteroatoms. The van der Waals surface area contributed by atoms with Gasteiger partial charge in [-0.05, 0) is 35.4 Å². The number of hydrogen-bond acceptors (Lipinski definition) is 4. The van der Waals surface area contributed by atoms with Crippen molar-refractivity contribution in [1.82, 2.24) is 19.8 Å². The normalized spacial score (nSPS) is 11.3. The van der Waals surface area contributed by atoms with Gasteiger partial charge in [0.15, 0.2) is 5.82 Å². The Balaban J connectivity index is 1.60. The lowest BCUT2D eigenvalue weighted by Gasteiger charge is -2.02. The second-order valence-electron chi connectivity index (χ2n) is 5.52. The molecule has 0 atom stereocenters. The van der Waals surface area contributed by atoms with Crippen LogP contribution in [0.3, 0.4) is 0 Å². The van der Waals surface area contributed by atoms with Gasteiger partial charge in [-0.2, -0.15) is 9.61 Å². The standard InChI is InChI=1S/C17H11Cl2FN4S/c18-12-4-3-11(14(19)9-12)8-16-23-24-15(21-22-17(24)25-16)7-10-1-5-13(20)6-2-10/h1-6,9H,7-8H2. The van der Waals surface area contributed by atoms with Crippen LogP contribution in [0.25, 0.3) is 4.96 Å². The summed E-state index contributed by atoms with van der Waals surface area (Å²) in [5.41, 5.74) is 1.90. The Hall–Kier alpha value is -2.02. The smallest absolute Gasteiger partial charge is 0.207 e. The molecular formula is C17H11Cl2FN4S. The van der Waals surface area contributed by atoms with Crippen LogP contribution in [0.5, 0.6) is 0 Å². The SMILES string of the molecule is Fc1ccc(Cc2nnc3sc(Cc4ccc(Cl)cc4Cl)nn23)cc1. The summed E-state index contributed by atoms with van der Waals surface area (Å²) in [7, 11) is 0. The van der Waals surface area contributed by atoms with Gasteiger partial charge in [0.1, 0.15) is 10.8 Å². The van der Waals surface area contributed by atoms with Crippen LogP contribution in [-0.4, -0.2) is 19.8 Å². The van der Waals surface area contributed by atoms with Crippen LogP contribution in [-0.2, 0) is 12.8 Å². The molecule has 0 amide bonds. The molecule has 0 fully saturated rings. The minimum atomic E-state index is -0.258. The second kappa shape index (κ2) is 6.71. The first kappa shape index (κ1) is 16.4. The van der Waals surface area contributed by atoms with Gasteiger partial charge in [-0.1, -0.05) is 52.7 Å². The quantitative estimate of drug-likeness (QED) is 0.500. The summed E-state index contributed by atoms with van der Waals surface area (Å²) in [4.78, 5) is 0.720. The van der Waals surface area contributed by atoms with E-state index in [1.807, 2.05) is 12.1 Å². The zero-order valence-electron chi connectivity index (χ0n) is 12.8. The number of rotatable bonds is 4. The molecule has 0 saturated heterocycles. The van der Waals surface area contributed by atoms with Crippen molar-refractivity contribution < 1.29 is 4.39 Å². The molecule has 2 aromatic carbocycles. The number of hydrogen-bond donors (Lipinski definition) is 0. The van der Waals surface area contributed by atoms with E-state index < -0.39 is 0 Å². The van der Waals surface area contributed by atoms with Crippen molar-refractivity contribution in [2.45, 2.75) is 12.8 Å². The molecule has 0 bridgehead atoms. The molecule has 126 valence electrons. The van der Waals surface area contributed by atoms with E-state index in [1.165, 1.54) is 23.5 Å².